The van der Waals surface area contributed by atoms with Crippen molar-refractivity contribution in [1.29, 1.82) is 0 Å². The second kappa shape index (κ2) is 14.5. The Morgan fingerprint density at radius 1 is 1.23 bits per heavy atom. The lowest BCUT2D eigenvalue weighted by atomic mass is 10.1. The van der Waals surface area contributed by atoms with Gasteiger partial charge in [-0.3, -0.25) is 4.99 Å². The molecule has 1 aromatic rings. The van der Waals surface area contributed by atoms with Crippen molar-refractivity contribution in [2.75, 3.05) is 46.6 Å². The third-order valence-corrected chi connectivity index (χ3v) is 4.46. The summed E-state index contributed by atoms with van der Waals surface area (Å²) in [7, 11) is 1.80. The van der Waals surface area contributed by atoms with Crippen LogP contribution in [0.15, 0.2) is 29.3 Å². The Labute approximate surface area is 179 Å². The van der Waals surface area contributed by atoms with E-state index in [2.05, 4.69) is 27.8 Å². The summed E-state index contributed by atoms with van der Waals surface area (Å²) in [4.78, 5) is 4.24. The quantitative estimate of drug-likeness (QED) is 0.226. The molecule has 0 amide bonds. The number of ether oxygens (including phenoxy) is 2. The fourth-order valence-electron chi connectivity index (χ4n) is 2.72. The number of aryl methyl sites for hydroxylation is 1. The molecule has 1 heterocycles. The molecule has 26 heavy (non-hydrogen) atoms. The maximum atomic E-state index is 5.90. The number of rotatable bonds is 10. The first-order valence-corrected chi connectivity index (χ1v) is 9.50. The van der Waals surface area contributed by atoms with Crippen molar-refractivity contribution < 1.29 is 9.47 Å². The van der Waals surface area contributed by atoms with Crippen LogP contribution in [-0.2, 0) is 15.9 Å². The molecule has 1 aliphatic rings. The van der Waals surface area contributed by atoms with Crippen molar-refractivity contribution in [3.8, 4) is 0 Å². The van der Waals surface area contributed by atoms with Gasteiger partial charge in [0.25, 0.3) is 0 Å². The largest absolute Gasteiger partial charge is 0.381 e. The van der Waals surface area contributed by atoms with Crippen LogP contribution in [0.4, 0.5) is 0 Å². The third-order valence-electron chi connectivity index (χ3n) is 4.21. The van der Waals surface area contributed by atoms with Gasteiger partial charge in [-0.25, -0.2) is 0 Å². The van der Waals surface area contributed by atoms with Gasteiger partial charge in [0.15, 0.2) is 5.96 Å². The highest BCUT2D eigenvalue weighted by Gasteiger charge is 2.15. The first-order chi connectivity index (χ1) is 12.3. The number of hydrogen-bond donors (Lipinski definition) is 2. The molecular weight excluding hydrogens is 465 g/mol. The topological polar surface area (TPSA) is 54.9 Å². The lowest BCUT2D eigenvalue weighted by Gasteiger charge is -2.12. The molecule has 1 aliphatic heterocycles. The number of guanidine groups is 1. The van der Waals surface area contributed by atoms with E-state index in [4.69, 9.17) is 21.1 Å². The number of halogens is 2. The molecule has 7 heteroatoms. The van der Waals surface area contributed by atoms with Gasteiger partial charge in [-0.05, 0) is 43.4 Å². The number of nitrogens with zero attached hydrogens (tertiary/aromatic N) is 1. The molecule has 1 fully saturated rings. The van der Waals surface area contributed by atoms with Crippen LogP contribution >= 0.6 is 35.6 Å². The van der Waals surface area contributed by atoms with E-state index >= 15 is 0 Å². The predicted octanol–water partition coefficient (Wildman–Crippen LogP) is 3.50. The average molecular weight is 496 g/mol. The van der Waals surface area contributed by atoms with Gasteiger partial charge in [0.05, 0.1) is 13.2 Å². The summed E-state index contributed by atoms with van der Waals surface area (Å²) in [6.45, 7) is 5.08. The van der Waals surface area contributed by atoms with E-state index in [-0.39, 0.29) is 24.0 Å². The monoisotopic (exact) mass is 495 g/mol. The number of nitrogens with one attached hydrogen (secondary N) is 2. The fraction of sp³-hybridized carbons (Fsp3) is 0.632. The Balaban J connectivity index is 0.00000338. The lowest BCUT2D eigenvalue weighted by molar-refractivity contribution is 0.0888. The summed E-state index contributed by atoms with van der Waals surface area (Å²) < 4.78 is 11.0. The molecular formula is C19H31ClIN3O2. The van der Waals surface area contributed by atoms with Gasteiger partial charge in [-0.1, -0.05) is 23.7 Å². The van der Waals surface area contributed by atoms with Crippen molar-refractivity contribution in [2.45, 2.75) is 25.7 Å². The zero-order valence-corrected chi connectivity index (χ0v) is 18.6. The highest BCUT2D eigenvalue weighted by atomic mass is 127. The van der Waals surface area contributed by atoms with Crippen molar-refractivity contribution in [3.63, 3.8) is 0 Å². The van der Waals surface area contributed by atoms with Gasteiger partial charge in [0.2, 0.25) is 0 Å². The minimum absolute atomic E-state index is 0. The molecule has 1 aromatic carbocycles. The van der Waals surface area contributed by atoms with E-state index in [9.17, 15) is 0 Å². The maximum Gasteiger partial charge on any atom is 0.190 e. The molecule has 0 aliphatic carbocycles. The smallest absolute Gasteiger partial charge is 0.190 e. The molecule has 2 N–H and O–H groups in total. The summed E-state index contributed by atoms with van der Waals surface area (Å²) in [5.41, 5.74) is 1.30. The number of hydrogen-bond acceptors (Lipinski definition) is 3. The first kappa shape index (κ1) is 23.5. The van der Waals surface area contributed by atoms with Crippen LogP contribution in [0.2, 0.25) is 5.02 Å². The third kappa shape index (κ3) is 9.94. The van der Waals surface area contributed by atoms with Crippen molar-refractivity contribution in [2.24, 2.45) is 10.9 Å². The van der Waals surface area contributed by atoms with E-state index in [0.717, 1.165) is 76.2 Å². The first-order valence-electron chi connectivity index (χ1n) is 9.12. The molecule has 0 bridgehead atoms. The van der Waals surface area contributed by atoms with Crippen molar-refractivity contribution in [3.05, 3.63) is 34.9 Å². The van der Waals surface area contributed by atoms with Gasteiger partial charge >= 0.3 is 0 Å². The maximum absolute atomic E-state index is 5.90. The molecule has 0 saturated carbocycles. The Morgan fingerprint density at radius 2 is 1.96 bits per heavy atom. The SMILES string of the molecule is CN=C(NCCCOCC1CCOC1)NCCCc1ccc(Cl)cc1.I. The van der Waals surface area contributed by atoms with Crippen LogP contribution in [0.5, 0.6) is 0 Å². The fourth-order valence-corrected chi connectivity index (χ4v) is 2.84. The molecule has 1 unspecified atom stereocenters. The van der Waals surface area contributed by atoms with Crippen LogP contribution in [0, 0.1) is 5.92 Å². The van der Waals surface area contributed by atoms with Crippen LogP contribution < -0.4 is 10.6 Å². The van der Waals surface area contributed by atoms with Crippen LogP contribution in [0.3, 0.4) is 0 Å². The summed E-state index contributed by atoms with van der Waals surface area (Å²) in [6.07, 6.45) is 4.18. The standard InChI is InChI=1S/C19H30ClN3O2.HI/c1-21-19(22-10-2-4-16-5-7-18(20)8-6-16)23-11-3-12-24-14-17-9-13-25-15-17;/h5-8,17H,2-4,9-15H2,1H3,(H2,21,22,23);1H. The molecule has 1 atom stereocenters. The minimum Gasteiger partial charge on any atom is -0.381 e. The molecule has 1 saturated heterocycles. The molecule has 0 spiro atoms. The Morgan fingerprint density at radius 3 is 2.62 bits per heavy atom. The van der Waals surface area contributed by atoms with Gasteiger partial charge in [0, 0.05) is 44.3 Å². The van der Waals surface area contributed by atoms with E-state index in [1.165, 1.54) is 5.56 Å². The van der Waals surface area contributed by atoms with Crippen molar-refractivity contribution >= 4 is 41.5 Å². The van der Waals surface area contributed by atoms with Crippen molar-refractivity contribution in [1.82, 2.24) is 10.6 Å². The summed E-state index contributed by atoms with van der Waals surface area (Å²) in [6, 6.07) is 8.03. The zero-order valence-electron chi connectivity index (χ0n) is 15.5. The Hall–Kier alpha value is -0.570. The highest BCUT2D eigenvalue weighted by Crippen LogP contribution is 2.12. The summed E-state index contributed by atoms with van der Waals surface area (Å²) in [5.74, 6) is 1.43. The van der Waals surface area contributed by atoms with E-state index < -0.39 is 0 Å². The van der Waals surface area contributed by atoms with Gasteiger partial charge < -0.3 is 20.1 Å². The van der Waals surface area contributed by atoms with Crippen LogP contribution in [-0.4, -0.2) is 52.5 Å². The predicted molar refractivity (Wildman–Crippen MR) is 119 cm³/mol. The number of aliphatic imine (C=N–C) groups is 1. The van der Waals surface area contributed by atoms with E-state index in [1.54, 1.807) is 7.05 Å². The second-order valence-electron chi connectivity index (χ2n) is 6.31. The number of benzene rings is 1. The normalized spacial score (nSPS) is 17.0. The molecule has 148 valence electrons. The van der Waals surface area contributed by atoms with Crippen LogP contribution in [0.1, 0.15) is 24.8 Å². The zero-order chi connectivity index (χ0) is 17.7. The minimum atomic E-state index is 0. The Bertz CT molecular complexity index is 508. The summed E-state index contributed by atoms with van der Waals surface area (Å²) in [5, 5.41) is 7.45. The van der Waals surface area contributed by atoms with Gasteiger partial charge in [-0.15, -0.1) is 24.0 Å². The van der Waals surface area contributed by atoms with Crippen LogP contribution in [0.25, 0.3) is 0 Å². The molecule has 0 aromatic heterocycles. The summed E-state index contributed by atoms with van der Waals surface area (Å²) >= 11 is 5.90. The van der Waals surface area contributed by atoms with Gasteiger partial charge in [0.1, 0.15) is 0 Å². The second-order valence-corrected chi connectivity index (χ2v) is 6.75. The Kier molecular flexibility index (Phi) is 13.1. The van der Waals surface area contributed by atoms with E-state index in [1.807, 2.05) is 12.1 Å². The average Bonchev–Trinajstić information content (AvgIpc) is 3.14. The lowest BCUT2D eigenvalue weighted by Crippen LogP contribution is -2.38. The van der Waals surface area contributed by atoms with E-state index in [0.29, 0.717) is 5.92 Å². The highest BCUT2D eigenvalue weighted by molar-refractivity contribution is 14.0. The molecule has 5 nitrogen and oxygen atoms in total. The van der Waals surface area contributed by atoms with Gasteiger partial charge in [-0.2, -0.15) is 0 Å². The molecule has 0 radical (unpaired) electrons. The molecule has 2 rings (SSSR count).